The van der Waals surface area contributed by atoms with Gasteiger partial charge >= 0.3 is 5.97 Å². The number of carbonyl (C=O) groups excluding carboxylic acids is 1. The third kappa shape index (κ3) is 2.48. The van der Waals surface area contributed by atoms with Crippen LogP contribution in [0.4, 0.5) is 5.69 Å². The van der Waals surface area contributed by atoms with Gasteiger partial charge in [-0.25, -0.2) is 4.79 Å². The monoisotopic (exact) mass is 257 g/mol. The number of halogens is 1. The fourth-order valence-electron chi connectivity index (χ4n) is 1.06. The Hall–Kier alpha value is -1.03. The van der Waals surface area contributed by atoms with Crippen molar-refractivity contribution in [1.82, 2.24) is 0 Å². The van der Waals surface area contributed by atoms with Gasteiger partial charge in [0, 0.05) is 17.2 Å². The van der Waals surface area contributed by atoms with E-state index >= 15 is 0 Å². The number of rotatable bonds is 3. The van der Waals surface area contributed by atoms with Crippen LogP contribution in [0, 0.1) is 0 Å². The predicted octanol–water partition coefficient (Wildman–Crippen LogP) is 2.67. The minimum absolute atomic E-state index is 0.296. The molecule has 0 aromatic heterocycles. The lowest BCUT2D eigenvalue weighted by molar-refractivity contribution is 0.0526. The molecular formula is C10H12BrNO2. The highest BCUT2D eigenvalue weighted by Crippen LogP contribution is 2.23. The Morgan fingerprint density at radius 1 is 1.57 bits per heavy atom. The van der Waals surface area contributed by atoms with Crippen molar-refractivity contribution in [2.45, 2.75) is 6.92 Å². The maximum atomic E-state index is 11.3. The maximum absolute atomic E-state index is 11.3. The molecule has 1 aromatic rings. The molecule has 1 rings (SSSR count). The Morgan fingerprint density at radius 2 is 2.29 bits per heavy atom. The van der Waals surface area contributed by atoms with Gasteiger partial charge in [-0.15, -0.1) is 0 Å². The molecule has 0 heterocycles. The van der Waals surface area contributed by atoms with Crippen LogP contribution < -0.4 is 5.32 Å². The number of anilines is 1. The molecule has 0 aliphatic rings. The minimum Gasteiger partial charge on any atom is -0.462 e. The minimum atomic E-state index is -0.296. The summed E-state index contributed by atoms with van der Waals surface area (Å²) in [5.41, 5.74) is 1.50. The first-order chi connectivity index (χ1) is 6.69. The van der Waals surface area contributed by atoms with Crippen molar-refractivity contribution in [1.29, 1.82) is 0 Å². The molecule has 0 aliphatic heterocycles. The van der Waals surface area contributed by atoms with E-state index in [1.807, 2.05) is 13.1 Å². The van der Waals surface area contributed by atoms with Crippen molar-refractivity contribution in [2.75, 3.05) is 19.0 Å². The summed E-state index contributed by atoms with van der Waals surface area (Å²) in [6.07, 6.45) is 0. The number of hydrogen-bond acceptors (Lipinski definition) is 3. The number of hydrogen-bond donors (Lipinski definition) is 1. The molecule has 14 heavy (non-hydrogen) atoms. The first kappa shape index (κ1) is 11.0. The van der Waals surface area contributed by atoms with E-state index in [9.17, 15) is 4.79 Å². The van der Waals surface area contributed by atoms with Gasteiger partial charge < -0.3 is 10.1 Å². The van der Waals surface area contributed by atoms with E-state index in [1.165, 1.54) is 0 Å². The highest BCUT2D eigenvalue weighted by molar-refractivity contribution is 9.10. The van der Waals surface area contributed by atoms with Crippen molar-refractivity contribution in [3.63, 3.8) is 0 Å². The molecule has 0 saturated heterocycles. The third-order valence-corrected chi connectivity index (χ3v) is 2.41. The van der Waals surface area contributed by atoms with E-state index in [-0.39, 0.29) is 5.97 Å². The Morgan fingerprint density at radius 3 is 2.79 bits per heavy atom. The number of nitrogens with one attached hydrogen (secondary N) is 1. The van der Waals surface area contributed by atoms with E-state index in [1.54, 1.807) is 19.1 Å². The van der Waals surface area contributed by atoms with Crippen molar-refractivity contribution < 1.29 is 9.53 Å². The van der Waals surface area contributed by atoms with Gasteiger partial charge in [0.05, 0.1) is 12.2 Å². The fourth-order valence-corrected chi connectivity index (χ4v) is 1.64. The summed E-state index contributed by atoms with van der Waals surface area (Å²) < 4.78 is 5.73. The predicted molar refractivity (Wildman–Crippen MR) is 59.6 cm³/mol. The van der Waals surface area contributed by atoms with Crippen LogP contribution in [0.15, 0.2) is 22.7 Å². The molecule has 0 saturated carbocycles. The van der Waals surface area contributed by atoms with Crippen LogP contribution in [0.3, 0.4) is 0 Å². The molecular weight excluding hydrogens is 246 g/mol. The number of esters is 1. The summed E-state index contributed by atoms with van der Waals surface area (Å²) in [5.74, 6) is -0.296. The lowest BCUT2D eigenvalue weighted by Gasteiger charge is -2.06. The summed E-state index contributed by atoms with van der Waals surface area (Å²) in [6, 6.07) is 5.30. The first-order valence-electron chi connectivity index (χ1n) is 4.33. The molecule has 0 unspecified atom stereocenters. The van der Waals surface area contributed by atoms with Crippen LogP contribution in [0.5, 0.6) is 0 Å². The van der Waals surface area contributed by atoms with Crippen LogP contribution in [0.2, 0.25) is 0 Å². The Balaban J connectivity index is 2.91. The zero-order valence-electron chi connectivity index (χ0n) is 8.13. The van der Waals surface area contributed by atoms with Crippen molar-refractivity contribution in [3.05, 3.63) is 28.2 Å². The van der Waals surface area contributed by atoms with Gasteiger partial charge in [0.25, 0.3) is 0 Å². The molecule has 0 fully saturated rings. The summed E-state index contributed by atoms with van der Waals surface area (Å²) in [7, 11) is 1.82. The highest BCUT2D eigenvalue weighted by atomic mass is 79.9. The third-order valence-electron chi connectivity index (χ3n) is 1.75. The van der Waals surface area contributed by atoms with Gasteiger partial charge in [0.2, 0.25) is 0 Å². The first-order valence-corrected chi connectivity index (χ1v) is 5.12. The molecule has 0 bridgehead atoms. The Kier molecular flexibility index (Phi) is 3.95. The van der Waals surface area contributed by atoms with Gasteiger partial charge in [0.15, 0.2) is 0 Å². The van der Waals surface area contributed by atoms with Crippen LogP contribution in [-0.4, -0.2) is 19.6 Å². The normalized spacial score (nSPS) is 9.64. The van der Waals surface area contributed by atoms with Gasteiger partial charge in [-0.2, -0.15) is 0 Å². The summed E-state index contributed by atoms with van der Waals surface area (Å²) >= 11 is 3.36. The summed E-state index contributed by atoms with van der Waals surface area (Å²) in [5, 5.41) is 2.99. The summed E-state index contributed by atoms with van der Waals surface area (Å²) in [6.45, 7) is 2.18. The Labute approximate surface area is 91.6 Å². The average Bonchev–Trinajstić information content (AvgIpc) is 2.18. The SMILES string of the molecule is CCOC(=O)c1ccc(NC)c(Br)c1. The largest absolute Gasteiger partial charge is 0.462 e. The van der Waals surface area contributed by atoms with Crippen molar-refractivity contribution >= 4 is 27.6 Å². The second-order valence-corrected chi connectivity index (χ2v) is 3.52. The van der Waals surface area contributed by atoms with E-state index < -0.39 is 0 Å². The number of carbonyl (C=O) groups is 1. The standard InChI is InChI=1S/C10H12BrNO2/c1-3-14-10(13)7-4-5-9(12-2)8(11)6-7/h4-6,12H,3H2,1-2H3. The van der Waals surface area contributed by atoms with E-state index in [2.05, 4.69) is 21.2 Å². The van der Waals surface area contributed by atoms with E-state index in [4.69, 9.17) is 4.74 Å². The molecule has 4 heteroatoms. The van der Waals surface area contributed by atoms with Crippen LogP contribution in [0.25, 0.3) is 0 Å². The fraction of sp³-hybridized carbons (Fsp3) is 0.300. The van der Waals surface area contributed by atoms with Crippen LogP contribution >= 0.6 is 15.9 Å². The van der Waals surface area contributed by atoms with E-state index in [0.717, 1.165) is 10.2 Å². The van der Waals surface area contributed by atoms with Crippen molar-refractivity contribution in [2.24, 2.45) is 0 Å². The zero-order valence-corrected chi connectivity index (χ0v) is 9.72. The molecule has 0 radical (unpaired) electrons. The van der Waals surface area contributed by atoms with Crippen LogP contribution in [-0.2, 0) is 4.74 Å². The van der Waals surface area contributed by atoms with Crippen LogP contribution in [0.1, 0.15) is 17.3 Å². The van der Waals surface area contributed by atoms with Crippen molar-refractivity contribution in [3.8, 4) is 0 Å². The lowest BCUT2D eigenvalue weighted by Crippen LogP contribution is -2.04. The average molecular weight is 258 g/mol. The second kappa shape index (κ2) is 5.00. The van der Waals surface area contributed by atoms with Gasteiger partial charge in [-0.05, 0) is 41.1 Å². The second-order valence-electron chi connectivity index (χ2n) is 2.67. The number of ether oxygens (including phenoxy) is 1. The molecule has 1 aromatic carbocycles. The number of benzene rings is 1. The molecule has 0 spiro atoms. The molecule has 0 amide bonds. The lowest BCUT2D eigenvalue weighted by atomic mass is 10.2. The van der Waals surface area contributed by atoms with Gasteiger partial charge in [-0.3, -0.25) is 0 Å². The Bertz CT molecular complexity index is 339. The smallest absolute Gasteiger partial charge is 0.338 e. The molecule has 1 N–H and O–H groups in total. The molecule has 0 atom stereocenters. The molecule has 3 nitrogen and oxygen atoms in total. The van der Waals surface area contributed by atoms with E-state index in [0.29, 0.717) is 12.2 Å². The topological polar surface area (TPSA) is 38.3 Å². The maximum Gasteiger partial charge on any atom is 0.338 e. The van der Waals surface area contributed by atoms with Gasteiger partial charge in [0.1, 0.15) is 0 Å². The highest BCUT2D eigenvalue weighted by Gasteiger charge is 2.07. The summed E-state index contributed by atoms with van der Waals surface area (Å²) in [4.78, 5) is 11.3. The quantitative estimate of drug-likeness (QED) is 0.847. The molecule has 0 aliphatic carbocycles. The molecule has 76 valence electrons. The van der Waals surface area contributed by atoms with Gasteiger partial charge in [-0.1, -0.05) is 0 Å². The zero-order chi connectivity index (χ0) is 10.6.